The van der Waals surface area contributed by atoms with Crippen LogP contribution in [0.1, 0.15) is 0 Å². The fourth-order valence-electron chi connectivity index (χ4n) is 1.03. The normalized spacial score (nSPS) is 12.9. The van der Waals surface area contributed by atoms with Crippen molar-refractivity contribution >= 4 is 25.7 Å². The summed E-state index contributed by atoms with van der Waals surface area (Å²) in [6.07, 6.45) is 0. The standard InChI is InChI=1S/C9H11F3N2O2S.CH2F3NO2S/c10-9(11,12)17(15,16)14-7-6-13-8-4-2-1-3-5-8;2-1(3,4)8(5,6)7/h1-5,13-14H,6-7H2;(H2,5,6,7). The van der Waals surface area contributed by atoms with E-state index in [9.17, 15) is 43.2 Å². The second kappa shape index (κ2) is 8.68. The van der Waals surface area contributed by atoms with E-state index in [4.69, 9.17) is 0 Å². The molecule has 0 fully saturated rings. The summed E-state index contributed by atoms with van der Waals surface area (Å²) in [4.78, 5) is 0. The Kier molecular flexibility index (Phi) is 8.13. The smallest absolute Gasteiger partial charge is 0.384 e. The Labute approximate surface area is 139 Å². The van der Waals surface area contributed by atoms with E-state index in [1.165, 1.54) is 4.72 Å². The van der Waals surface area contributed by atoms with E-state index in [0.717, 1.165) is 0 Å². The number of alkyl halides is 6. The predicted octanol–water partition coefficient (Wildman–Crippen LogP) is 1.33. The molecule has 0 aliphatic heterocycles. The van der Waals surface area contributed by atoms with Gasteiger partial charge in [0.2, 0.25) is 0 Å². The van der Waals surface area contributed by atoms with Crippen LogP contribution in [0.2, 0.25) is 0 Å². The van der Waals surface area contributed by atoms with Gasteiger partial charge in [0.25, 0.3) is 0 Å². The number of hydrogen-bond donors (Lipinski definition) is 3. The average molecular weight is 417 g/mol. The highest BCUT2D eigenvalue weighted by Gasteiger charge is 2.45. The van der Waals surface area contributed by atoms with Crippen molar-refractivity contribution in [2.45, 2.75) is 11.0 Å². The van der Waals surface area contributed by atoms with Crippen molar-refractivity contribution in [3.63, 3.8) is 0 Å². The van der Waals surface area contributed by atoms with Gasteiger partial charge in [0, 0.05) is 18.8 Å². The van der Waals surface area contributed by atoms with Gasteiger partial charge in [-0.05, 0) is 12.1 Å². The van der Waals surface area contributed by atoms with Crippen LogP contribution in [0.5, 0.6) is 0 Å². The molecule has 0 atom stereocenters. The van der Waals surface area contributed by atoms with E-state index in [-0.39, 0.29) is 13.1 Å². The first kappa shape index (κ1) is 23.4. The molecule has 0 saturated carbocycles. The van der Waals surface area contributed by atoms with Crippen LogP contribution in [-0.4, -0.2) is 40.9 Å². The van der Waals surface area contributed by atoms with Crippen LogP contribution in [0.4, 0.5) is 32.0 Å². The molecule has 1 aromatic rings. The van der Waals surface area contributed by atoms with Gasteiger partial charge < -0.3 is 5.32 Å². The molecule has 0 aliphatic carbocycles. The van der Waals surface area contributed by atoms with Gasteiger partial charge in [-0.2, -0.15) is 26.3 Å². The zero-order valence-corrected chi connectivity index (χ0v) is 13.7. The lowest BCUT2D eigenvalue weighted by Crippen LogP contribution is -2.38. The number of anilines is 1. The second-order valence-electron chi connectivity index (χ2n) is 4.13. The molecule has 0 bridgehead atoms. The largest absolute Gasteiger partial charge is 0.511 e. The fourth-order valence-corrected chi connectivity index (χ4v) is 1.56. The maximum Gasteiger partial charge on any atom is 0.511 e. The molecule has 15 heteroatoms. The molecule has 0 radical (unpaired) electrons. The maximum absolute atomic E-state index is 11.9. The highest BCUT2D eigenvalue weighted by molar-refractivity contribution is 7.90. The van der Waals surface area contributed by atoms with Crippen molar-refractivity contribution in [1.82, 2.24) is 4.72 Å². The summed E-state index contributed by atoms with van der Waals surface area (Å²) in [5, 5.41) is 6.43. The summed E-state index contributed by atoms with van der Waals surface area (Å²) < 4.78 is 110. The summed E-state index contributed by atoms with van der Waals surface area (Å²) in [6, 6.07) is 8.73. The molecule has 25 heavy (non-hydrogen) atoms. The number of benzene rings is 1. The zero-order chi connectivity index (χ0) is 19.9. The number of hydrogen-bond acceptors (Lipinski definition) is 5. The van der Waals surface area contributed by atoms with Gasteiger partial charge in [-0.3, -0.25) is 0 Å². The second-order valence-corrected chi connectivity index (χ2v) is 7.44. The number of sulfonamides is 2. The van der Waals surface area contributed by atoms with Crippen molar-refractivity contribution in [3.8, 4) is 0 Å². The Hall–Kier alpha value is -1.58. The number of primary sulfonamides is 1. The Morgan fingerprint density at radius 2 is 1.28 bits per heavy atom. The van der Waals surface area contributed by atoms with Gasteiger partial charge in [-0.15, -0.1) is 0 Å². The van der Waals surface area contributed by atoms with Gasteiger partial charge in [-0.1, -0.05) is 18.2 Å². The topological polar surface area (TPSA) is 118 Å². The van der Waals surface area contributed by atoms with Crippen molar-refractivity contribution in [2.75, 3.05) is 18.4 Å². The lowest BCUT2D eigenvalue weighted by Gasteiger charge is -2.10. The summed E-state index contributed by atoms with van der Waals surface area (Å²) in [5.41, 5.74) is -9.87. The van der Waals surface area contributed by atoms with Crippen molar-refractivity contribution in [1.29, 1.82) is 0 Å². The molecule has 0 spiro atoms. The highest BCUT2D eigenvalue weighted by Crippen LogP contribution is 2.21. The third-order valence-corrected chi connectivity index (χ3v) is 3.99. The molecule has 1 rings (SSSR count). The Morgan fingerprint density at radius 1 is 0.840 bits per heavy atom. The average Bonchev–Trinajstić information content (AvgIpc) is 2.42. The minimum Gasteiger partial charge on any atom is -0.384 e. The third-order valence-electron chi connectivity index (χ3n) is 2.15. The molecule has 0 saturated heterocycles. The van der Waals surface area contributed by atoms with E-state index in [1.807, 2.05) is 0 Å². The van der Waals surface area contributed by atoms with E-state index in [0.29, 0.717) is 5.69 Å². The van der Waals surface area contributed by atoms with Crippen LogP contribution in [0, 0.1) is 0 Å². The first-order valence-corrected chi connectivity index (χ1v) is 9.05. The minimum absolute atomic E-state index is 0.0688. The van der Waals surface area contributed by atoms with Crippen LogP contribution < -0.4 is 15.2 Å². The van der Waals surface area contributed by atoms with Gasteiger partial charge in [0.15, 0.2) is 0 Å². The molecular formula is C10H13F6N3O4S2. The van der Waals surface area contributed by atoms with Gasteiger partial charge in [0.1, 0.15) is 0 Å². The van der Waals surface area contributed by atoms with Gasteiger partial charge in [0.05, 0.1) is 0 Å². The summed E-state index contributed by atoms with van der Waals surface area (Å²) in [7, 11) is -10.6. The highest BCUT2D eigenvalue weighted by atomic mass is 32.2. The minimum atomic E-state index is -5.34. The van der Waals surface area contributed by atoms with Crippen LogP contribution >= 0.6 is 0 Å². The van der Waals surface area contributed by atoms with Crippen molar-refractivity contribution in [2.24, 2.45) is 5.14 Å². The van der Waals surface area contributed by atoms with Crippen LogP contribution in [-0.2, 0) is 20.0 Å². The molecule has 0 aromatic heterocycles. The molecule has 0 unspecified atom stereocenters. The number of halogens is 6. The number of nitrogens with one attached hydrogen (secondary N) is 2. The van der Waals surface area contributed by atoms with E-state index >= 15 is 0 Å². The summed E-state index contributed by atoms with van der Waals surface area (Å²) >= 11 is 0. The van der Waals surface area contributed by atoms with Crippen LogP contribution in [0.15, 0.2) is 30.3 Å². The molecule has 7 nitrogen and oxygen atoms in total. The van der Waals surface area contributed by atoms with Gasteiger partial charge in [-0.25, -0.2) is 26.7 Å². The molecule has 146 valence electrons. The zero-order valence-electron chi connectivity index (χ0n) is 12.1. The van der Waals surface area contributed by atoms with Crippen molar-refractivity contribution in [3.05, 3.63) is 30.3 Å². The maximum atomic E-state index is 11.9. The number of nitrogens with two attached hydrogens (primary N) is 1. The Balaban J connectivity index is 0.000000609. The van der Waals surface area contributed by atoms with E-state index in [1.54, 1.807) is 30.3 Å². The quantitative estimate of drug-likeness (QED) is 0.494. The third kappa shape index (κ3) is 8.89. The van der Waals surface area contributed by atoms with Crippen molar-refractivity contribution < 1.29 is 43.2 Å². The first-order chi connectivity index (χ1) is 11.1. The van der Waals surface area contributed by atoms with Crippen LogP contribution in [0.3, 0.4) is 0 Å². The van der Waals surface area contributed by atoms with Gasteiger partial charge >= 0.3 is 31.1 Å². The molecule has 0 aliphatic rings. The van der Waals surface area contributed by atoms with Crippen LogP contribution in [0.25, 0.3) is 0 Å². The fraction of sp³-hybridized carbons (Fsp3) is 0.400. The predicted molar refractivity (Wildman–Crippen MR) is 77.1 cm³/mol. The SMILES string of the molecule is NS(=O)(=O)C(F)(F)F.O=S(=O)(NCCNc1ccccc1)C(F)(F)F. The Morgan fingerprint density at radius 3 is 1.64 bits per heavy atom. The molecule has 0 heterocycles. The lowest BCUT2D eigenvalue weighted by molar-refractivity contribution is -0.0449. The first-order valence-electron chi connectivity index (χ1n) is 6.02. The Bertz CT molecular complexity index is 732. The summed E-state index contributed by atoms with van der Waals surface area (Å²) in [6.45, 7) is -0.268. The molecule has 0 amide bonds. The van der Waals surface area contributed by atoms with E-state index in [2.05, 4.69) is 10.5 Å². The number of rotatable bonds is 5. The summed E-state index contributed by atoms with van der Waals surface area (Å²) in [5.74, 6) is 0. The van der Waals surface area contributed by atoms with E-state index < -0.39 is 31.1 Å². The number of para-hydroxylation sites is 1. The monoisotopic (exact) mass is 417 g/mol. The molecular weight excluding hydrogens is 404 g/mol. The lowest BCUT2D eigenvalue weighted by atomic mass is 10.3. The molecule has 4 N–H and O–H groups in total. The molecule has 1 aromatic carbocycles.